The van der Waals surface area contributed by atoms with Gasteiger partial charge >= 0.3 is 0 Å². The number of nitrogens with two attached hydrogens (primary N) is 1. The lowest BCUT2D eigenvalue weighted by atomic mass is 10.0. The smallest absolute Gasteiger partial charge is 0.0107 e. The number of hydrogen-bond acceptors (Lipinski definition) is 3. The maximum atomic E-state index is 5.75. The molecule has 3 nitrogen and oxygen atoms in total. The zero-order chi connectivity index (χ0) is 11.1. The average Bonchev–Trinajstić information content (AvgIpc) is 2.64. The molecule has 3 heteroatoms. The van der Waals surface area contributed by atoms with Crippen molar-refractivity contribution >= 4 is 0 Å². The van der Waals surface area contributed by atoms with E-state index in [0.29, 0.717) is 6.04 Å². The molecule has 2 atom stereocenters. The summed E-state index contributed by atoms with van der Waals surface area (Å²) in [6, 6.07) is 0.703. The number of nitrogens with zero attached hydrogens (tertiary/aromatic N) is 1. The highest BCUT2D eigenvalue weighted by atomic mass is 15.0. The third kappa shape index (κ3) is 4.96. The molecular formula is C12H27N3. The first-order valence-corrected chi connectivity index (χ1v) is 6.32. The number of unbranched alkanes of at least 4 members (excludes halogenated alkanes) is 1. The summed E-state index contributed by atoms with van der Waals surface area (Å²) in [5.74, 6) is 0.735. The van der Waals surface area contributed by atoms with Crippen LogP contribution in [0.15, 0.2) is 0 Å². The maximum Gasteiger partial charge on any atom is 0.0107 e. The predicted molar refractivity (Wildman–Crippen MR) is 66.0 cm³/mol. The second-order valence-corrected chi connectivity index (χ2v) is 5.00. The van der Waals surface area contributed by atoms with E-state index in [1.165, 1.54) is 38.6 Å². The van der Waals surface area contributed by atoms with Crippen molar-refractivity contribution in [1.82, 2.24) is 10.2 Å². The number of nitrogens with one attached hydrogen (secondary N) is 1. The fourth-order valence-corrected chi connectivity index (χ4v) is 2.43. The van der Waals surface area contributed by atoms with Crippen LogP contribution in [0.1, 0.15) is 32.1 Å². The van der Waals surface area contributed by atoms with E-state index in [4.69, 9.17) is 5.73 Å². The van der Waals surface area contributed by atoms with E-state index < -0.39 is 0 Å². The van der Waals surface area contributed by atoms with Gasteiger partial charge in [0.15, 0.2) is 0 Å². The molecular weight excluding hydrogens is 186 g/mol. The van der Waals surface area contributed by atoms with Crippen molar-refractivity contribution < 1.29 is 0 Å². The lowest BCUT2D eigenvalue weighted by Crippen LogP contribution is -2.36. The Bertz CT molecular complexity index is 159. The Labute approximate surface area is 94.4 Å². The predicted octanol–water partition coefficient (Wildman–Crippen LogP) is 1.05. The molecule has 1 aliphatic rings. The molecule has 90 valence electrons. The van der Waals surface area contributed by atoms with E-state index in [9.17, 15) is 0 Å². The summed E-state index contributed by atoms with van der Waals surface area (Å²) in [6.07, 6.45) is 6.59. The standard InChI is InChI=1S/C12H27N3/c1-15(2)9-4-3-8-14-12-7-5-6-11(12)10-13/h11-12,14H,3-10,13H2,1-2H3. The van der Waals surface area contributed by atoms with Crippen molar-refractivity contribution in [3.05, 3.63) is 0 Å². The minimum Gasteiger partial charge on any atom is -0.330 e. The molecule has 0 bridgehead atoms. The van der Waals surface area contributed by atoms with Gasteiger partial charge in [0.1, 0.15) is 0 Å². The Morgan fingerprint density at radius 3 is 2.73 bits per heavy atom. The second kappa shape index (κ2) is 7.20. The fraction of sp³-hybridized carbons (Fsp3) is 1.00. The van der Waals surface area contributed by atoms with Crippen molar-refractivity contribution in [2.75, 3.05) is 33.7 Å². The van der Waals surface area contributed by atoms with E-state index in [0.717, 1.165) is 19.0 Å². The van der Waals surface area contributed by atoms with Crippen LogP contribution in [0.4, 0.5) is 0 Å². The zero-order valence-electron chi connectivity index (χ0n) is 10.3. The van der Waals surface area contributed by atoms with Gasteiger partial charge in [0.05, 0.1) is 0 Å². The van der Waals surface area contributed by atoms with Crippen LogP contribution < -0.4 is 11.1 Å². The van der Waals surface area contributed by atoms with Crippen molar-refractivity contribution in [3.8, 4) is 0 Å². The molecule has 15 heavy (non-hydrogen) atoms. The van der Waals surface area contributed by atoms with Crippen LogP contribution in [-0.2, 0) is 0 Å². The van der Waals surface area contributed by atoms with Crippen LogP contribution in [0.5, 0.6) is 0 Å². The summed E-state index contributed by atoms with van der Waals surface area (Å²) in [5, 5.41) is 3.66. The molecule has 0 heterocycles. The maximum absolute atomic E-state index is 5.75. The molecule has 1 rings (SSSR count). The third-order valence-electron chi connectivity index (χ3n) is 3.40. The Hall–Kier alpha value is -0.120. The van der Waals surface area contributed by atoms with Crippen LogP contribution in [-0.4, -0.2) is 44.7 Å². The highest BCUT2D eigenvalue weighted by Crippen LogP contribution is 2.24. The SMILES string of the molecule is CN(C)CCCCNC1CCCC1CN. The first kappa shape index (κ1) is 12.9. The summed E-state index contributed by atoms with van der Waals surface area (Å²) in [6.45, 7) is 3.22. The first-order valence-electron chi connectivity index (χ1n) is 6.32. The topological polar surface area (TPSA) is 41.3 Å². The number of hydrogen-bond donors (Lipinski definition) is 2. The van der Waals surface area contributed by atoms with Crippen LogP contribution >= 0.6 is 0 Å². The van der Waals surface area contributed by atoms with E-state index in [-0.39, 0.29) is 0 Å². The Balaban J connectivity index is 1.99. The van der Waals surface area contributed by atoms with Crippen LogP contribution in [0.3, 0.4) is 0 Å². The lowest BCUT2D eigenvalue weighted by molar-refractivity contribution is 0.372. The van der Waals surface area contributed by atoms with Crippen LogP contribution in [0.25, 0.3) is 0 Å². The molecule has 3 N–H and O–H groups in total. The molecule has 0 spiro atoms. The second-order valence-electron chi connectivity index (χ2n) is 5.00. The molecule has 0 amide bonds. The van der Waals surface area contributed by atoms with Gasteiger partial charge < -0.3 is 16.0 Å². The van der Waals surface area contributed by atoms with E-state index in [1.54, 1.807) is 0 Å². The molecule has 1 saturated carbocycles. The normalized spacial score (nSPS) is 26.4. The van der Waals surface area contributed by atoms with Gasteiger partial charge in [0, 0.05) is 6.04 Å². The summed E-state index contributed by atoms with van der Waals surface area (Å²) in [7, 11) is 4.27. The molecule has 0 aliphatic heterocycles. The average molecular weight is 213 g/mol. The highest BCUT2D eigenvalue weighted by molar-refractivity contribution is 4.83. The van der Waals surface area contributed by atoms with Gasteiger partial charge in [-0.05, 0) is 65.3 Å². The fourth-order valence-electron chi connectivity index (χ4n) is 2.43. The minimum atomic E-state index is 0.703. The largest absolute Gasteiger partial charge is 0.330 e. The minimum absolute atomic E-state index is 0.703. The summed E-state index contributed by atoms with van der Waals surface area (Å²) in [4.78, 5) is 2.25. The van der Waals surface area contributed by atoms with Crippen molar-refractivity contribution in [1.29, 1.82) is 0 Å². The first-order chi connectivity index (χ1) is 7.24. The van der Waals surface area contributed by atoms with Gasteiger partial charge in [0.25, 0.3) is 0 Å². The molecule has 0 aromatic rings. The molecule has 2 unspecified atom stereocenters. The Morgan fingerprint density at radius 2 is 2.07 bits per heavy atom. The molecule has 0 radical (unpaired) electrons. The Kier molecular flexibility index (Phi) is 6.22. The van der Waals surface area contributed by atoms with Crippen LogP contribution in [0, 0.1) is 5.92 Å². The van der Waals surface area contributed by atoms with Crippen LogP contribution in [0.2, 0.25) is 0 Å². The molecule has 0 aromatic carbocycles. The van der Waals surface area contributed by atoms with Gasteiger partial charge in [0.2, 0.25) is 0 Å². The van der Waals surface area contributed by atoms with Gasteiger partial charge in [-0.15, -0.1) is 0 Å². The highest BCUT2D eigenvalue weighted by Gasteiger charge is 2.24. The quantitative estimate of drug-likeness (QED) is 0.621. The monoisotopic (exact) mass is 213 g/mol. The molecule has 0 saturated heterocycles. The summed E-state index contributed by atoms with van der Waals surface area (Å²) >= 11 is 0. The van der Waals surface area contributed by atoms with Gasteiger partial charge in [-0.25, -0.2) is 0 Å². The summed E-state index contributed by atoms with van der Waals surface area (Å²) in [5.41, 5.74) is 5.75. The zero-order valence-corrected chi connectivity index (χ0v) is 10.3. The van der Waals surface area contributed by atoms with Gasteiger partial charge in [-0.2, -0.15) is 0 Å². The third-order valence-corrected chi connectivity index (χ3v) is 3.40. The Morgan fingerprint density at radius 1 is 1.27 bits per heavy atom. The van der Waals surface area contributed by atoms with Crippen molar-refractivity contribution in [2.24, 2.45) is 11.7 Å². The van der Waals surface area contributed by atoms with Gasteiger partial charge in [-0.1, -0.05) is 6.42 Å². The molecule has 1 aliphatic carbocycles. The number of rotatable bonds is 7. The van der Waals surface area contributed by atoms with E-state index >= 15 is 0 Å². The van der Waals surface area contributed by atoms with E-state index in [2.05, 4.69) is 24.3 Å². The van der Waals surface area contributed by atoms with Gasteiger partial charge in [-0.3, -0.25) is 0 Å². The summed E-state index contributed by atoms with van der Waals surface area (Å²) < 4.78 is 0. The lowest BCUT2D eigenvalue weighted by Gasteiger charge is -2.19. The van der Waals surface area contributed by atoms with Crippen molar-refractivity contribution in [2.45, 2.75) is 38.1 Å². The van der Waals surface area contributed by atoms with E-state index in [1.807, 2.05) is 0 Å². The van der Waals surface area contributed by atoms with Crippen molar-refractivity contribution in [3.63, 3.8) is 0 Å². The molecule has 0 aromatic heterocycles. The molecule has 1 fully saturated rings.